The second kappa shape index (κ2) is 6.74. The van der Waals surface area contributed by atoms with Gasteiger partial charge in [0.25, 0.3) is 0 Å². The van der Waals surface area contributed by atoms with E-state index in [0.29, 0.717) is 12.0 Å². The van der Waals surface area contributed by atoms with Crippen molar-refractivity contribution in [3.05, 3.63) is 71.8 Å². The van der Waals surface area contributed by atoms with E-state index < -0.39 is 0 Å². The second-order valence-corrected chi connectivity index (χ2v) is 4.32. The molecule has 0 spiro atoms. The molecular formula is C16H13NOS. The highest BCUT2D eigenvalue weighted by molar-refractivity contribution is 7.78. The van der Waals surface area contributed by atoms with Crippen LogP contribution in [-0.4, -0.2) is 10.9 Å². The Bertz CT molecular complexity index is 589. The SMILES string of the molecule is O=C(CC(N=C=S)c1ccccc1)c1ccccc1. The molecule has 0 saturated heterocycles. The lowest BCUT2D eigenvalue weighted by Gasteiger charge is -2.10. The molecule has 2 rings (SSSR count). The summed E-state index contributed by atoms with van der Waals surface area (Å²) in [5, 5.41) is 2.38. The third-order valence-corrected chi connectivity index (χ3v) is 2.97. The normalized spacial score (nSPS) is 11.4. The Morgan fingerprint density at radius 1 is 1.05 bits per heavy atom. The van der Waals surface area contributed by atoms with Crippen LogP contribution in [0.25, 0.3) is 0 Å². The number of benzene rings is 2. The maximum absolute atomic E-state index is 12.2. The third kappa shape index (κ3) is 3.68. The van der Waals surface area contributed by atoms with E-state index in [4.69, 9.17) is 0 Å². The molecule has 0 N–H and O–H groups in total. The number of carbonyl (C=O) groups excluding carboxylic acids is 1. The predicted octanol–water partition coefficient (Wildman–Crippen LogP) is 4.10. The van der Waals surface area contributed by atoms with Crippen molar-refractivity contribution in [2.75, 3.05) is 0 Å². The lowest BCUT2D eigenvalue weighted by molar-refractivity contribution is 0.0974. The van der Waals surface area contributed by atoms with Crippen LogP contribution in [0, 0.1) is 0 Å². The molecular weight excluding hydrogens is 254 g/mol. The van der Waals surface area contributed by atoms with Gasteiger partial charge in [-0.2, -0.15) is 0 Å². The summed E-state index contributed by atoms with van der Waals surface area (Å²) in [4.78, 5) is 16.3. The minimum Gasteiger partial charge on any atom is -0.294 e. The van der Waals surface area contributed by atoms with Gasteiger partial charge in [-0.3, -0.25) is 4.79 Å². The Balaban J connectivity index is 2.19. The van der Waals surface area contributed by atoms with Gasteiger partial charge in [-0.1, -0.05) is 60.7 Å². The molecule has 1 atom stereocenters. The number of hydrogen-bond donors (Lipinski definition) is 0. The number of Topliss-reactive ketones (excluding diaryl/α,β-unsaturated/α-hetero) is 1. The second-order valence-electron chi connectivity index (χ2n) is 4.14. The minimum absolute atomic E-state index is 0.0588. The van der Waals surface area contributed by atoms with Crippen LogP contribution >= 0.6 is 12.2 Å². The van der Waals surface area contributed by atoms with Gasteiger partial charge in [0.05, 0.1) is 11.2 Å². The number of carbonyl (C=O) groups is 1. The van der Waals surface area contributed by atoms with Crippen LogP contribution in [-0.2, 0) is 0 Å². The monoisotopic (exact) mass is 267 g/mol. The number of aliphatic imine (C=N–C) groups is 1. The van der Waals surface area contributed by atoms with E-state index in [2.05, 4.69) is 22.4 Å². The summed E-state index contributed by atoms with van der Waals surface area (Å²) in [6.45, 7) is 0. The first kappa shape index (κ1) is 13.3. The van der Waals surface area contributed by atoms with E-state index >= 15 is 0 Å². The zero-order chi connectivity index (χ0) is 13.5. The van der Waals surface area contributed by atoms with Crippen LogP contribution in [0.2, 0.25) is 0 Å². The summed E-state index contributed by atoms with van der Waals surface area (Å²) >= 11 is 4.67. The Labute approximate surface area is 117 Å². The highest BCUT2D eigenvalue weighted by atomic mass is 32.1. The Hall–Kier alpha value is -2.09. The van der Waals surface area contributed by atoms with E-state index in [0.717, 1.165) is 5.56 Å². The largest absolute Gasteiger partial charge is 0.294 e. The van der Waals surface area contributed by atoms with Crippen LogP contribution in [0.1, 0.15) is 28.4 Å². The molecule has 94 valence electrons. The molecule has 3 heteroatoms. The summed E-state index contributed by atoms with van der Waals surface area (Å²) in [5.41, 5.74) is 1.67. The van der Waals surface area contributed by atoms with Gasteiger partial charge in [0.15, 0.2) is 5.78 Å². The number of hydrogen-bond acceptors (Lipinski definition) is 3. The molecule has 0 heterocycles. The number of thiocarbonyl (C=S) groups is 1. The maximum Gasteiger partial charge on any atom is 0.165 e. The molecule has 2 aromatic rings. The average molecular weight is 267 g/mol. The summed E-state index contributed by atoms with van der Waals surface area (Å²) < 4.78 is 0. The van der Waals surface area contributed by atoms with E-state index in [9.17, 15) is 4.79 Å². The molecule has 0 bridgehead atoms. The van der Waals surface area contributed by atoms with Crippen LogP contribution in [0.3, 0.4) is 0 Å². The van der Waals surface area contributed by atoms with Crippen LogP contribution in [0.4, 0.5) is 0 Å². The lowest BCUT2D eigenvalue weighted by atomic mass is 9.98. The highest BCUT2D eigenvalue weighted by Gasteiger charge is 2.15. The third-order valence-electron chi connectivity index (χ3n) is 2.87. The number of nitrogens with zero attached hydrogens (tertiary/aromatic N) is 1. The van der Waals surface area contributed by atoms with Gasteiger partial charge >= 0.3 is 0 Å². The van der Waals surface area contributed by atoms with Gasteiger partial charge in [-0.15, -0.1) is 0 Å². The van der Waals surface area contributed by atoms with Gasteiger partial charge in [-0.25, -0.2) is 4.99 Å². The standard InChI is InChI=1S/C16H13NOS/c18-16(14-9-5-2-6-10-14)11-15(17-12-19)13-7-3-1-4-8-13/h1-10,15H,11H2. The summed E-state index contributed by atoms with van der Waals surface area (Å²) in [7, 11) is 0. The van der Waals surface area contributed by atoms with Gasteiger partial charge < -0.3 is 0 Å². The quantitative estimate of drug-likeness (QED) is 0.463. The zero-order valence-corrected chi connectivity index (χ0v) is 11.1. The minimum atomic E-state index is -0.258. The van der Waals surface area contributed by atoms with Crippen LogP contribution in [0.5, 0.6) is 0 Å². The average Bonchev–Trinajstić information content (AvgIpc) is 2.48. The van der Waals surface area contributed by atoms with Gasteiger partial charge in [0, 0.05) is 12.0 Å². The first-order valence-electron chi connectivity index (χ1n) is 6.01. The van der Waals surface area contributed by atoms with Gasteiger partial charge in [0.1, 0.15) is 0 Å². The summed E-state index contributed by atoms with van der Waals surface area (Å²) in [6.07, 6.45) is 0.303. The summed E-state index contributed by atoms with van der Waals surface area (Å²) in [5.74, 6) is 0.0588. The first-order valence-corrected chi connectivity index (χ1v) is 6.42. The number of isothiocyanates is 1. The van der Waals surface area contributed by atoms with E-state index in [1.807, 2.05) is 60.7 Å². The Morgan fingerprint density at radius 3 is 2.21 bits per heavy atom. The first-order chi connectivity index (χ1) is 9.31. The molecule has 0 amide bonds. The molecule has 0 aliphatic rings. The molecule has 0 radical (unpaired) electrons. The van der Waals surface area contributed by atoms with Crippen LogP contribution in [0.15, 0.2) is 65.7 Å². The number of ketones is 1. The number of rotatable bonds is 5. The van der Waals surface area contributed by atoms with Crippen molar-refractivity contribution in [1.82, 2.24) is 0 Å². The molecule has 2 aromatic carbocycles. The van der Waals surface area contributed by atoms with Gasteiger partial charge in [-0.05, 0) is 17.8 Å². The fraction of sp³-hybridized carbons (Fsp3) is 0.125. The highest BCUT2D eigenvalue weighted by Crippen LogP contribution is 2.22. The predicted molar refractivity (Wildman–Crippen MR) is 79.6 cm³/mol. The van der Waals surface area contributed by atoms with Crippen molar-refractivity contribution in [2.24, 2.45) is 4.99 Å². The Morgan fingerprint density at radius 2 is 1.63 bits per heavy atom. The van der Waals surface area contributed by atoms with Crippen molar-refractivity contribution < 1.29 is 4.79 Å². The van der Waals surface area contributed by atoms with Gasteiger partial charge in [0.2, 0.25) is 0 Å². The van der Waals surface area contributed by atoms with Crippen molar-refractivity contribution in [1.29, 1.82) is 0 Å². The topological polar surface area (TPSA) is 29.4 Å². The van der Waals surface area contributed by atoms with E-state index in [-0.39, 0.29) is 11.8 Å². The van der Waals surface area contributed by atoms with E-state index in [1.165, 1.54) is 0 Å². The molecule has 19 heavy (non-hydrogen) atoms. The zero-order valence-electron chi connectivity index (χ0n) is 10.3. The maximum atomic E-state index is 12.2. The van der Waals surface area contributed by atoms with Crippen molar-refractivity contribution in [3.8, 4) is 0 Å². The van der Waals surface area contributed by atoms with E-state index in [1.54, 1.807) is 0 Å². The molecule has 2 nitrogen and oxygen atoms in total. The summed E-state index contributed by atoms with van der Waals surface area (Å²) in [6, 6.07) is 18.6. The van der Waals surface area contributed by atoms with Crippen molar-refractivity contribution in [2.45, 2.75) is 12.5 Å². The smallest absolute Gasteiger partial charge is 0.165 e. The molecule has 0 aliphatic heterocycles. The molecule has 0 aliphatic carbocycles. The Kier molecular flexibility index (Phi) is 4.73. The van der Waals surface area contributed by atoms with Crippen molar-refractivity contribution >= 4 is 23.2 Å². The fourth-order valence-electron chi connectivity index (χ4n) is 1.89. The molecule has 1 unspecified atom stereocenters. The lowest BCUT2D eigenvalue weighted by Crippen LogP contribution is -2.05. The van der Waals surface area contributed by atoms with Crippen molar-refractivity contribution in [3.63, 3.8) is 0 Å². The molecule has 0 aromatic heterocycles. The molecule has 0 saturated carbocycles. The fourth-order valence-corrected chi connectivity index (χ4v) is 2.02. The molecule has 0 fully saturated rings. The van der Waals surface area contributed by atoms with Crippen LogP contribution < -0.4 is 0 Å².